The summed E-state index contributed by atoms with van der Waals surface area (Å²) in [5.41, 5.74) is -0.131. The first-order valence-corrected chi connectivity index (χ1v) is 5.84. The highest BCUT2D eigenvalue weighted by molar-refractivity contribution is 7.20. The smallest absolute Gasteiger partial charge is 0.275 e. The van der Waals surface area contributed by atoms with Gasteiger partial charge in [-0.1, -0.05) is 28.9 Å². The Morgan fingerprint density at radius 3 is 2.94 bits per heavy atom. The molecule has 0 aliphatic heterocycles. The third-order valence-electron chi connectivity index (χ3n) is 2.06. The zero-order valence-electron chi connectivity index (χ0n) is 8.78. The summed E-state index contributed by atoms with van der Waals surface area (Å²) in [6.45, 7) is 0.00405. The monoisotopic (exact) mass is 289 g/mol. The lowest BCUT2D eigenvalue weighted by Gasteiger charge is -2.03. The molecular weight excluding hydrogens is 283 g/mol. The van der Waals surface area contributed by atoms with Crippen LogP contribution in [0.2, 0.25) is 5.02 Å². The molecule has 1 aromatic heterocycles. The van der Waals surface area contributed by atoms with E-state index in [4.69, 9.17) is 33.2 Å². The molecule has 0 amide bonds. The quantitative estimate of drug-likeness (QED) is 0.590. The molecule has 0 atom stereocenters. The normalized spacial score (nSPS) is 10.9. The van der Waals surface area contributed by atoms with Crippen molar-refractivity contribution in [1.29, 1.82) is 0 Å². The van der Waals surface area contributed by atoms with E-state index in [2.05, 4.69) is 10.9 Å². The minimum Gasteiger partial charge on any atom is -0.457 e. The SMILES string of the molecule is C#CCOc1nc2c(Cl)cc(F)c([NH+](O)O)c2s1. The molecule has 0 saturated heterocycles. The Morgan fingerprint density at radius 1 is 1.61 bits per heavy atom. The number of nitrogens with one attached hydrogen (secondary N) is 1. The summed E-state index contributed by atoms with van der Waals surface area (Å²) in [6.07, 6.45) is 5.03. The Balaban J connectivity index is 2.63. The number of thiazole rings is 1. The summed E-state index contributed by atoms with van der Waals surface area (Å²) in [4.78, 5) is 4.00. The van der Waals surface area contributed by atoms with Crippen LogP contribution in [0.1, 0.15) is 0 Å². The van der Waals surface area contributed by atoms with Gasteiger partial charge in [0.2, 0.25) is 0 Å². The van der Waals surface area contributed by atoms with Gasteiger partial charge in [0.1, 0.15) is 10.2 Å². The lowest BCUT2D eigenvalue weighted by Crippen LogP contribution is -3.02. The highest BCUT2D eigenvalue weighted by Gasteiger charge is 2.24. The van der Waals surface area contributed by atoms with E-state index >= 15 is 0 Å². The second-order valence-electron chi connectivity index (χ2n) is 3.19. The summed E-state index contributed by atoms with van der Waals surface area (Å²) < 4.78 is 18.8. The minimum atomic E-state index is -1.14. The number of fused-ring (bicyclic) bond motifs is 1. The molecule has 0 radical (unpaired) electrons. The predicted octanol–water partition coefficient (Wildman–Crippen LogP) is 1.40. The van der Waals surface area contributed by atoms with Crippen LogP contribution in [0, 0.1) is 18.2 Å². The van der Waals surface area contributed by atoms with Gasteiger partial charge >= 0.3 is 0 Å². The first-order valence-electron chi connectivity index (χ1n) is 4.64. The molecule has 0 aliphatic rings. The molecule has 94 valence electrons. The molecule has 0 spiro atoms. The van der Waals surface area contributed by atoms with Crippen LogP contribution in [-0.4, -0.2) is 22.0 Å². The molecule has 1 aromatic carbocycles. The Hall–Kier alpha value is -1.43. The highest BCUT2D eigenvalue weighted by Crippen LogP contribution is 2.37. The van der Waals surface area contributed by atoms with Gasteiger partial charge in [0.15, 0.2) is 12.4 Å². The van der Waals surface area contributed by atoms with Crippen molar-refractivity contribution in [2.24, 2.45) is 0 Å². The molecule has 2 aromatic rings. The molecule has 0 saturated carbocycles. The Labute approximate surface area is 110 Å². The van der Waals surface area contributed by atoms with Gasteiger partial charge in [-0.2, -0.15) is 10.4 Å². The maximum atomic E-state index is 13.6. The fourth-order valence-electron chi connectivity index (χ4n) is 1.37. The number of hydrogen-bond acceptors (Lipinski definition) is 5. The molecule has 2 rings (SSSR count). The largest absolute Gasteiger partial charge is 0.457 e. The number of nitrogens with zero attached hydrogens (tertiary/aromatic N) is 1. The summed E-state index contributed by atoms with van der Waals surface area (Å²) in [5.74, 6) is 1.41. The van der Waals surface area contributed by atoms with Crippen LogP contribution in [-0.2, 0) is 0 Å². The van der Waals surface area contributed by atoms with E-state index in [1.54, 1.807) is 0 Å². The lowest BCUT2D eigenvalue weighted by molar-refractivity contribution is -1.19. The summed E-state index contributed by atoms with van der Waals surface area (Å²) in [6, 6.07) is 0.955. The van der Waals surface area contributed by atoms with Crippen molar-refractivity contribution in [3.05, 3.63) is 16.9 Å². The maximum Gasteiger partial charge on any atom is 0.275 e. The molecule has 0 fully saturated rings. The van der Waals surface area contributed by atoms with Gasteiger partial charge in [-0.25, -0.2) is 9.37 Å². The first kappa shape index (κ1) is 13.0. The third-order valence-corrected chi connectivity index (χ3v) is 3.33. The average Bonchev–Trinajstić information content (AvgIpc) is 2.69. The number of terminal acetylenes is 1. The Bertz CT molecular complexity index is 638. The molecule has 1 heterocycles. The number of hydrogen-bond donors (Lipinski definition) is 3. The van der Waals surface area contributed by atoms with Crippen molar-refractivity contribution in [3.8, 4) is 17.5 Å². The number of rotatable bonds is 3. The lowest BCUT2D eigenvalue weighted by atomic mass is 10.3. The van der Waals surface area contributed by atoms with Crippen LogP contribution in [0.4, 0.5) is 10.1 Å². The van der Waals surface area contributed by atoms with Crippen LogP contribution in [0.15, 0.2) is 6.07 Å². The second-order valence-corrected chi connectivity index (χ2v) is 4.56. The minimum absolute atomic E-state index is 0.00405. The van der Waals surface area contributed by atoms with E-state index in [-0.39, 0.29) is 32.7 Å². The van der Waals surface area contributed by atoms with Gasteiger partial charge in [0, 0.05) is 6.07 Å². The van der Waals surface area contributed by atoms with Crippen molar-refractivity contribution in [1.82, 2.24) is 4.98 Å². The van der Waals surface area contributed by atoms with Crippen molar-refractivity contribution in [2.45, 2.75) is 0 Å². The van der Waals surface area contributed by atoms with Gasteiger partial charge < -0.3 is 4.74 Å². The number of ether oxygens (including phenoxy) is 1. The molecule has 8 heteroatoms. The summed E-state index contributed by atoms with van der Waals surface area (Å²) in [7, 11) is 0. The van der Waals surface area contributed by atoms with E-state index in [0.29, 0.717) is 0 Å². The second kappa shape index (κ2) is 5.06. The highest BCUT2D eigenvalue weighted by atomic mass is 35.5. The zero-order valence-corrected chi connectivity index (χ0v) is 10.3. The van der Waals surface area contributed by atoms with E-state index in [0.717, 1.165) is 17.4 Å². The van der Waals surface area contributed by atoms with Crippen LogP contribution in [0.5, 0.6) is 5.19 Å². The summed E-state index contributed by atoms with van der Waals surface area (Å²) in [5, 5.41) is 17.2. The number of quaternary nitrogens is 1. The maximum absolute atomic E-state index is 13.6. The van der Waals surface area contributed by atoms with Crippen molar-refractivity contribution in [2.75, 3.05) is 6.61 Å². The number of aromatic nitrogens is 1. The van der Waals surface area contributed by atoms with Crippen LogP contribution < -0.4 is 9.96 Å². The van der Waals surface area contributed by atoms with Gasteiger partial charge in [-0.05, 0) is 5.23 Å². The average molecular weight is 290 g/mol. The molecule has 0 unspecified atom stereocenters. The van der Waals surface area contributed by atoms with Gasteiger partial charge in [0.25, 0.3) is 10.9 Å². The third kappa shape index (κ3) is 2.25. The van der Waals surface area contributed by atoms with Crippen molar-refractivity contribution in [3.63, 3.8) is 0 Å². The standard InChI is InChI=1S/C10H6ClFN2O3S/c1-2-3-17-10-13-7-5(11)4-6(12)8(14(15)16)9(7)18-10/h1,4,15-16H,3H2/p+1. The van der Waals surface area contributed by atoms with Crippen molar-refractivity contribution >= 4 is 38.8 Å². The van der Waals surface area contributed by atoms with E-state index in [1.165, 1.54) is 0 Å². The number of benzene rings is 1. The van der Waals surface area contributed by atoms with Crippen LogP contribution in [0.25, 0.3) is 10.2 Å². The molecule has 0 bridgehead atoms. The van der Waals surface area contributed by atoms with Gasteiger partial charge in [-0.3, -0.25) is 0 Å². The zero-order chi connectivity index (χ0) is 13.3. The fraction of sp³-hybridized carbons (Fsp3) is 0.100. The van der Waals surface area contributed by atoms with Crippen LogP contribution in [0.3, 0.4) is 0 Å². The van der Waals surface area contributed by atoms with E-state index < -0.39 is 11.0 Å². The Kier molecular flexibility index (Phi) is 3.65. The van der Waals surface area contributed by atoms with Gasteiger partial charge in [-0.15, -0.1) is 6.42 Å². The molecular formula is C10H7ClFN2O3S+. The van der Waals surface area contributed by atoms with Gasteiger partial charge in [0.05, 0.1) is 5.02 Å². The van der Waals surface area contributed by atoms with E-state index in [9.17, 15) is 4.39 Å². The predicted molar refractivity (Wildman–Crippen MR) is 63.1 cm³/mol. The van der Waals surface area contributed by atoms with Crippen LogP contribution >= 0.6 is 22.9 Å². The number of halogens is 2. The fourth-order valence-corrected chi connectivity index (χ4v) is 2.63. The topological polar surface area (TPSA) is 67.0 Å². The molecule has 0 aliphatic carbocycles. The Morgan fingerprint density at radius 2 is 2.33 bits per heavy atom. The van der Waals surface area contributed by atoms with Crippen molar-refractivity contribution < 1.29 is 24.8 Å². The molecule has 5 nitrogen and oxygen atoms in total. The van der Waals surface area contributed by atoms with E-state index in [1.807, 2.05) is 0 Å². The molecule has 18 heavy (non-hydrogen) atoms. The molecule has 3 N–H and O–H groups in total. The first-order chi connectivity index (χ1) is 8.54. The summed E-state index contributed by atoms with van der Waals surface area (Å²) >= 11 is 6.75.